The first kappa shape index (κ1) is 16.4. The zero-order valence-corrected chi connectivity index (χ0v) is 13.7. The van der Waals surface area contributed by atoms with E-state index in [2.05, 4.69) is 4.72 Å². The van der Waals surface area contributed by atoms with Crippen molar-refractivity contribution in [1.29, 1.82) is 0 Å². The molecule has 0 unspecified atom stereocenters. The third-order valence-electron chi connectivity index (χ3n) is 2.71. The molecule has 0 bridgehead atoms. The van der Waals surface area contributed by atoms with Gasteiger partial charge in [0, 0.05) is 11.6 Å². The van der Waals surface area contributed by atoms with Crippen molar-refractivity contribution in [2.45, 2.75) is 11.4 Å². The highest BCUT2D eigenvalue weighted by Gasteiger charge is 2.23. The molecule has 0 spiro atoms. The molecule has 0 aliphatic heterocycles. The number of rotatable bonds is 4. The second-order valence-corrected chi connectivity index (χ2v) is 7.04. The van der Waals surface area contributed by atoms with Crippen LogP contribution in [0.1, 0.15) is 5.56 Å². The molecule has 21 heavy (non-hydrogen) atoms. The zero-order valence-electron chi connectivity index (χ0n) is 10.6. The summed E-state index contributed by atoms with van der Waals surface area (Å²) in [6.07, 6.45) is 0. The number of hydrogen-bond acceptors (Lipinski definition) is 3. The van der Waals surface area contributed by atoms with Crippen LogP contribution in [0.25, 0.3) is 0 Å². The highest BCUT2D eigenvalue weighted by Crippen LogP contribution is 2.34. The first-order valence-corrected chi connectivity index (χ1v) is 8.42. The van der Waals surface area contributed by atoms with Gasteiger partial charge in [0.15, 0.2) is 0 Å². The molecule has 4 nitrogen and oxygen atoms in total. The normalized spacial score (nSPS) is 11.4. The molecule has 0 atom stereocenters. The van der Waals surface area contributed by atoms with Gasteiger partial charge < -0.3 is 5.73 Å². The van der Waals surface area contributed by atoms with Crippen molar-refractivity contribution in [2.24, 2.45) is 5.73 Å². The minimum Gasteiger partial charge on any atom is -0.326 e. The van der Waals surface area contributed by atoms with E-state index in [9.17, 15) is 8.42 Å². The molecule has 0 aromatic heterocycles. The lowest BCUT2D eigenvalue weighted by Gasteiger charge is -2.13. The summed E-state index contributed by atoms with van der Waals surface area (Å²) in [6, 6.07) is 9.43. The van der Waals surface area contributed by atoms with Gasteiger partial charge in [0.05, 0.1) is 15.7 Å². The SMILES string of the molecule is NCc1ccccc1NS(=O)(=O)c1c(Cl)cc(Cl)cc1Cl. The molecule has 2 rings (SSSR count). The molecule has 0 radical (unpaired) electrons. The van der Waals surface area contributed by atoms with E-state index >= 15 is 0 Å². The number of hydrogen-bond donors (Lipinski definition) is 2. The van der Waals surface area contributed by atoms with Crippen molar-refractivity contribution in [3.63, 3.8) is 0 Å². The van der Waals surface area contributed by atoms with Crippen LogP contribution in [0.3, 0.4) is 0 Å². The van der Waals surface area contributed by atoms with E-state index in [4.69, 9.17) is 40.5 Å². The van der Waals surface area contributed by atoms with Gasteiger partial charge in [-0.3, -0.25) is 4.72 Å². The summed E-state index contributed by atoms with van der Waals surface area (Å²) in [6.45, 7) is 0.195. The monoisotopic (exact) mass is 364 g/mol. The van der Waals surface area contributed by atoms with Gasteiger partial charge in [-0.1, -0.05) is 53.0 Å². The smallest absolute Gasteiger partial charge is 0.264 e. The number of nitrogens with one attached hydrogen (secondary N) is 1. The van der Waals surface area contributed by atoms with Gasteiger partial charge in [-0.2, -0.15) is 0 Å². The summed E-state index contributed by atoms with van der Waals surface area (Å²) in [5, 5.41) is 0.154. The molecule has 0 fully saturated rings. The molecule has 2 aromatic carbocycles. The minimum atomic E-state index is -3.95. The van der Waals surface area contributed by atoms with Crippen LogP contribution >= 0.6 is 34.8 Å². The molecular weight excluding hydrogens is 355 g/mol. The van der Waals surface area contributed by atoms with E-state index in [0.717, 1.165) is 0 Å². The van der Waals surface area contributed by atoms with Crippen LogP contribution in [0.5, 0.6) is 0 Å². The Morgan fingerprint density at radius 3 is 2.19 bits per heavy atom. The minimum absolute atomic E-state index is 0.0507. The molecule has 112 valence electrons. The summed E-state index contributed by atoms with van der Waals surface area (Å²) in [7, 11) is -3.95. The number of benzene rings is 2. The summed E-state index contributed by atoms with van der Waals surface area (Å²) in [4.78, 5) is -0.220. The molecule has 0 heterocycles. The second kappa shape index (κ2) is 6.42. The Morgan fingerprint density at radius 1 is 1.05 bits per heavy atom. The number of para-hydroxylation sites is 1. The van der Waals surface area contributed by atoms with Crippen molar-refractivity contribution in [3.8, 4) is 0 Å². The predicted octanol–water partition coefficient (Wildman–Crippen LogP) is 3.91. The lowest BCUT2D eigenvalue weighted by molar-refractivity contribution is 0.601. The molecule has 8 heteroatoms. The van der Waals surface area contributed by atoms with Gasteiger partial charge in [0.2, 0.25) is 0 Å². The van der Waals surface area contributed by atoms with Gasteiger partial charge in [-0.25, -0.2) is 8.42 Å². The lowest BCUT2D eigenvalue weighted by Crippen LogP contribution is -2.16. The highest BCUT2D eigenvalue weighted by atomic mass is 35.5. The van der Waals surface area contributed by atoms with Crippen molar-refractivity contribution in [3.05, 3.63) is 57.0 Å². The van der Waals surface area contributed by atoms with Crippen LogP contribution in [-0.2, 0) is 16.6 Å². The first-order chi connectivity index (χ1) is 9.85. The standard InChI is InChI=1S/C13H11Cl3N2O2S/c14-9-5-10(15)13(11(16)6-9)21(19,20)18-12-4-2-1-3-8(12)7-17/h1-6,18H,7,17H2. The molecule has 0 aliphatic carbocycles. The number of sulfonamides is 1. The fraction of sp³-hybridized carbons (Fsp3) is 0.0769. The van der Waals surface area contributed by atoms with Crippen molar-refractivity contribution in [2.75, 3.05) is 4.72 Å². The molecule has 0 saturated heterocycles. The van der Waals surface area contributed by atoms with Crippen LogP contribution in [0.4, 0.5) is 5.69 Å². The molecule has 2 aromatic rings. The third-order valence-corrected chi connectivity index (χ3v) is 5.22. The van der Waals surface area contributed by atoms with Crippen LogP contribution < -0.4 is 10.5 Å². The second-order valence-electron chi connectivity index (χ2n) is 4.17. The average Bonchev–Trinajstić information content (AvgIpc) is 2.37. The summed E-state index contributed by atoms with van der Waals surface area (Å²) in [5.74, 6) is 0. The summed E-state index contributed by atoms with van der Waals surface area (Å²) in [5.41, 5.74) is 6.62. The van der Waals surface area contributed by atoms with Crippen LogP contribution in [0, 0.1) is 0 Å². The molecular formula is C13H11Cl3N2O2S. The van der Waals surface area contributed by atoms with Gasteiger partial charge in [-0.15, -0.1) is 0 Å². The zero-order chi connectivity index (χ0) is 15.6. The maximum absolute atomic E-state index is 12.5. The van der Waals surface area contributed by atoms with Crippen molar-refractivity contribution < 1.29 is 8.42 Å². The highest BCUT2D eigenvalue weighted by molar-refractivity contribution is 7.93. The average molecular weight is 366 g/mol. The van der Waals surface area contributed by atoms with Crippen LogP contribution in [0.2, 0.25) is 15.1 Å². The molecule has 0 saturated carbocycles. The predicted molar refractivity (Wildman–Crippen MR) is 86.6 cm³/mol. The maximum atomic E-state index is 12.5. The Kier molecular flexibility index (Phi) is 5.01. The van der Waals surface area contributed by atoms with E-state index in [0.29, 0.717) is 11.3 Å². The fourth-order valence-electron chi connectivity index (χ4n) is 1.78. The maximum Gasteiger partial charge on any atom is 0.264 e. The number of halogens is 3. The van der Waals surface area contributed by atoms with E-state index in [1.54, 1.807) is 24.3 Å². The van der Waals surface area contributed by atoms with Gasteiger partial charge in [0.1, 0.15) is 4.90 Å². The van der Waals surface area contributed by atoms with Crippen LogP contribution in [-0.4, -0.2) is 8.42 Å². The van der Waals surface area contributed by atoms with E-state index in [1.165, 1.54) is 12.1 Å². The Labute approximate surface area is 137 Å². The topological polar surface area (TPSA) is 72.2 Å². The Hall–Kier alpha value is -0.980. The van der Waals surface area contributed by atoms with Crippen molar-refractivity contribution in [1.82, 2.24) is 0 Å². The fourth-order valence-corrected chi connectivity index (χ4v) is 4.43. The number of nitrogens with two attached hydrogens (primary N) is 1. The van der Waals surface area contributed by atoms with Gasteiger partial charge >= 0.3 is 0 Å². The third kappa shape index (κ3) is 3.62. The Bertz CT molecular complexity index is 756. The summed E-state index contributed by atoms with van der Waals surface area (Å²) >= 11 is 17.7. The lowest BCUT2D eigenvalue weighted by atomic mass is 10.2. The number of anilines is 1. The first-order valence-electron chi connectivity index (χ1n) is 5.80. The van der Waals surface area contributed by atoms with E-state index in [-0.39, 0.29) is 26.5 Å². The molecule has 0 aliphatic rings. The Morgan fingerprint density at radius 2 is 1.62 bits per heavy atom. The van der Waals surface area contributed by atoms with Crippen LogP contribution in [0.15, 0.2) is 41.3 Å². The molecule has 3 N–H and O–H groups in total. The Balaban J connectivity index is 2.49. The van der Waals surface area contributed by atoms with Gasteiger partial charge in [-0.05, 0) is 23.8 Å². The molecule has 0 amide bonds. The van der Waals surface area contributed by atoms with E-state index < -0.39 is 10.0 Å². The van der Waals surface area contributed by atoms with Crippen molar-refractivity contribution >= 4 is 50.5 Å². The van der Waals surface area contributed by atoms with E-state index in [1.807, 2.05) is 0 Å². The quantitative estimate of drug-likeness (QED) is 0.863. The summed E-state index contributed by atoms with van der Waals surface area (Å²) < 4.78 is 27.4. The van der Waals surface area contributed by atoms with Gasteiger partial charge in [0.25, 0.3) is 10.0 Å². The largest absolute Gasteiger partial charge is 0.326 e.